The lowest BCUT2D eigenvalue weighted by atomic mass is 10.1. The predicted octanol–water partition coefficient (Wildman–Crippen LogP) is 3.89. The number of anilines is 1. The number of carbonyl (C=O) groups is 1. The molecular formula is C22H28ClN3O3S. The Hall–Kier alpha value is -1.93. The van der Waals surface area contributed by atoms with Crippen LogP contribution in [0.1, 0.15) is 30.4 Å². The Morgan fingerprint density at radius 2 is 1.80 bits per heavy atom. The Morgan fingerprint density at radius 3 is 2.47 bits per heavy atom. The molecule has 0 aliphatic carbocycles. The van der Waals surface area contributed by atoms with Gasteiger partial charge in [0.15, 0.2) is 0 Å². The average Bonchev–Trinajstić information content (AvgIpc) is 3.25. The van der Waals surface area contributed by atoms with Crippen molar-refractivity contribution in [2.24, 2.45) is 0 Å². The number of nitrogens with zero attached hydrogens (tertiary/aromatic N) is 2. The summed E-state index contributed by atoms with van der Waals surface area (Å²) >= 11 is 6.20. The molecule has 1 saturated heterocycles. The number of carbonyl (C=O) groups excluding carboxylic acids is 1. The highest BCUT2D eigenvalue weighted by atomic mass is 35.5. The highest BCUT2D eigenvalue weighted by Crippen LogP contribution is 2.28. The smallest absolute Gasteiger partial charge is 0.243 e. The maximum absolute atomic E-state index is 12.8. The summed E-state index contributed by atoms with van der Waals surface area (Å²) in [5, 5.41) is 3.08. The fourth-order valence-corrected chi connectivity index (χ4v) is 5.14. The number of nitrogens with one attached hydrogen (secondary N) is 1. The van der Waals surface area contributed by atoms with E-state index in [0.29, 0.717) is 30.3 Å². The van der Waals surface area contributed by atoms with Crippen LogP contribution in [-0.4, -0.2) is 50.2 Å². The maximum Gasteiger partial charge on any atom is 0.243 e. The summed E-state index contributed by atoms with van der Waals surface area (Å²) in [6.45, 7) is 4.43. The Kier molecular flexibility index (Phi) is 7.52. The van der Waals surface area contributed by atoms with E-state index in [-0.39, 0.29) is 17.2 Å². The van der Waals surface area contributed by atoms with E-state index in [4.69, 9.17) is 11.6 Å². The van der Waals surface area contributed by atoms with Gasteiger partial charge in [0.05, 0.1) is 15.6 Å². The molecule has 1 aliphatic rings. The first-order chi connectivity index (χ1) is 14.3. The van der Waals surface area contributed by atoms with Gasteiger partial charge in [-0.15, -0.1) is 0 Å². The van der Waals surface area contributed by atoms with Gasteiger partial charge in [0.1, 0.15) is 0 Å². The zero-order chi connectivity index (χ0) is 21.7. The number of aryl methyl sites for hydroxylation is 1. The first-order valence-electron chi connectivity index (χ1n) is 10.1. The molecule has 2 aromatic carbocycles. The first-order valence-corrected chi connectivity index (χ1v) is 11.9. The Morgan fingerprint density at radius 1 is 1.13 bits per heavy atom. The highest BCUT2D eigenvalue weighted by molar-refractivity contribution is 7.89. The largest absolute Gasteiger partial charge is 0.325 e. The molecule has 1 amide bonds. The molecule has 30 heavy (non-hydrogen) atoms. The minimum Gasteiger partial charge on any atom is -0.325 e. The van der Waals surface area contributed by atoms with Crippen molar-refractivity contribution in [2.45, 2.75) is 37.6 Å². The van der Waals surface area contributed by atoms with Gasteiger partial charge >= 0.3 is 0 Å². The van der Waals surface area contributed by atoms with E-state index in [2.05, 4.69) is 34.5 Å². The molecule has 0 saturated carbocycles. The molecule has 0 spiro atoms. The fraction of sp³-hybridized carbons (Fsp3) is 0.409. The van der Waals surface area contributed by atoms with E-state index < -0.39 is 10.0 Å². The Labute approximate surface area is 183 Å². The maximum atomic E-state index is 12.8. The topological polar surface area (TPSA) is 69.7 Å². The number of halogens is 1. The molecule has 1 aliphatic heterocycles. The van der Waals surface area contributed by atoms with E-state index in [1.165, 1.54) is 33.6 Å². The van der Waals surface area contributed by atoms with E-state index in [0.717, 1.165) is 19.4 Å². The number of sulfonamides is 1. The molecule has 1 fully saturated rings. The van der Waals surface area contributed by atoms with Gasteiger partial charge in [0, 0.05) is 32.6 Å². The summed E-state index contributed by atoms with van der Waals surface area (Å²) in [6, 6.07) is 12.8. The van der Waals surface area contributed by atoms with Crippen molar-refractivity contribution < 1.29 is 13.2 Å². The van der Waals surface area contributed by atoms with Crippen LogP contribution in [-0.2, 0) is 21.4 Å². The first kappa shape index (κ1) is 22.7. The monoisotopic (exact) mass is 449 g/mol. The van der Waals surface area contributed by atoms with Gasteiger partial charge in [-0.25, -0.2) is 8.42 Å². The summed E-state index contributed by atoms with van der Waals surface area (Å²) in [5.74, 6) is -0.205. The summed E-state index contributed by atoms with van der Waals surface area (Å²) in [6.07, 6.45) is 2.01. The molecule has 162 valence electrons. The highest BCUT2D eigenvalue weighted by Gasteiger charge is 2.27. The van der Waals surface area contributed by atoms with Gasteiger partial charge in [-0.05, 0) is 50.6 Å². The van der Waals surface area contributed by atoms with Gasteiger partial charge in [0.25, 0.3) is 0 Å². The van der Waals surface area contributed by atoms with Gasteiger partial charge in [0.2, 0.25) is 15.9 Å². The van der Waals surface area contributed by atoms with Crippen molar-refractivity contribution in [3.8, 4) is 0 Å². The van der Waals surface area contributed by atoms with E-state index in [1.54, 1.807) is 0 Å². The van der Waals surface area contributed by atoms with Crippen LogP contribution in [0.5, 0.6) is 0 Å². The fourth-order valence-electron chi connectivity index (χ4n) is 3.43. The second kappa shape index (κ2) is 9.92. The van der Waals surface area contributed by atoms with Gasteiger partial charge < -0.3 is 10.2 Å². The second-order valence-corrected chi connectivity index (χ2v) is 10.1. The van der Waals surface area contributed by atoms with Crippen molar-refractivity contribution in [1.82, 2.24) is 9.21 Å². The molecule has 1 N–H and O–H groups in total. The van der Waals surface area contributed by atoms with Crippen LogP contribution in [0.25, 0.3) is 0 Å². The Bertz CT molecular complexity index is 987. The predicted molar refractivity (Wildman–Crippen MR) is 120 cm³/mol. The van der Waals surface area contributed by atoms with Crippen molar-refractivity contribution in [3.63, 3.8) is 0 Å². The van der Waals surface area contributed by atoms with Crippen LogP contribution in [0.2, 0.25) is 5.02 Å². The van der Waals surface area contributed by atoms with Gasteiger partial charge in [-0.2, -0.15) is 4.31 Å². The number of amides is 1. The third-order valence-corrected chi connectivity index (χ3v) is 7.43. The van der Waals surface area contributed by atoms with Gasteiger partial charge in [-0.1, -0.05) is 41.4 Å². The molecule has 0 radical (unpaired) electrons. The van der Waals surface area contributed by atoms with Crippen molar-refractivity contribution in [2.75, 3.05) is 32.0 Å². The van der Waals surface area contributed by atoms with Crippen LogP contribution in [0.15, 0.2) is 47.4 Å². The molecule has 2 aromatic rings. The summed E-state index contributed by atoms with van der Waals surface area (Å²) in [7, 11) is -1.60. The number of benzene rings is 2. The molecule has 6 nitrogen and oxygen atoms in total. The molecule has 0 aromatic heterocycles. The van der Waals surface area contributed by atoms with E-state index in [1.807, 2.05) is 14.0 Å². The molecule has 8 heteroatoms. The number of hydrogen-bond donors (Lipinski definition) is 1. The summed E-state index contributed by atoms with van der Waals surface area (Å²) < 4.78 is 27.0. The number of rotatable bonds is 8. The minimum absolute atomic E-state index is 0.153. The van der Waals surface area contributed by atoms with Crippen LogP contribution in [0.3, 0.4) is 0 Å². The average molecular weight is 450 g/mol. The molecular weight excluding hydrogens is 422 g/mol. The summed E-state index contributed by atoms with van der Waals surface area (Å²) in [4.78, 5) is 14.7. The molecule has 0 bridgehead atoms. The van der Waals surface area contributed by atoms with Crippen molar-refractivity contribution >= 4 is 33.2 Å². The third kappa shape index (κ3) is 5.82. The number of hydrogen-bond acceptors (Lipinski definition) is 4. The van der Waals surface area contributed by atoms with Crippen LogP contribution in [0.4, 0.5) is 5.69 Å². The normalized spacial score (nSPS) is 14.9. The lowest BCUT2D eigenvalue weighted by molar-refractivity contribution is -0.116. The summed E-state index contributed by atoms with van der Waals surface area (Å²) in [5.41, 5.74) is 2.72. The van der Waals surface area contributed by atoms with E-state index >= 15 is 0 Å². The minimum atomic E-state index is -3.56. The molecule has 0 unspecified atom stereocenters. The standard InChI is InChI=1S/C22H28ClN3O3S/c1-17-5-7-18(8-6-17)16-25(2)14-11-22(27)24-21-15-19(9-10-20(21)23)30(28,29)26-12-3-4-13-26/h5-10,15H,3-4,11-14,16H2,1-2H3,(H,24,27). The van der Waals surface area contributed by atoms with Crippen LogP contribution >= 0.6 is 11.6 Å². The van der Waals surface area contributed by atoms with Crippen LogP contribution in [0, 0.1) is 6.92 Å². The van der Waals surface area contributed by atoms with Crippen LogP contribution < -0.4 is 5.32 Å². The Balaban J connectivity index is 1.58. The third-order valence-electron chi connectivity index (χ3n) is 5.21. The van der Waals surface area contributed by atoms with Gasteiger partial charge in [-0.3, -0.25) is 4.79 Å². The quantitative estimate of drug-likeness (QED) is 0.663. The van der Waals surface area contributed by atoms with Crippen molar-refractivity contribution in [1.29, 1.82) is 0 Å². The van der Waals surface area contributed by atoms with Crippen molar-refractivity contribution in [3.05, 3.63) is 58.6 Å². The molecule has 0 atom stereocenters. The zero-order valence-electron chi connectivity index (χ0n) is 17.4. The zero-order valence-corrected chi connectivity index (χ0v) is 19.0. The molecule has 1 heterocycles. The SMILES string of the molecule is Cc1ccc(CN(C)CCC(=O)Nc2cc(S(=O)(=O)N3CCCC3)ccc2Cl)cc1. The van der Waals surface area contributed by atoms with E-state index in [9.17, 15) is 13.2 Å². The lowest BCUT2D eigenvalue weighted by Gasteiger charge is -2.18. The lowest BCUT2D eigenvalue weighted by Crippen LogP contribution is -2.28. The second-order valence-electron chi connectivity index (χ2n) is 7.77. The molecule has 3 rings (SSSR count).